The fourth-order valence-electron chi connectivity index (χ4n) is 1.37. The molecular formula is C14H29NO5. The van der Waals surface area contributed by atoms with Crippen molar-refractivity contribution < 1.29 is 23.7 Å². The molecule has 0 saturated heterocycles. The van der Waals surface area contributed by atoms with Gasteiger partial charge in [0.15, 0.2) is 0 Å². The van der Waals surface area contributed by atoms with Gasteiger partial charge in [0, 0.05) is 13.2 Å². The fraction of sp³-hybridized carbons (Fsp3) is 0.929. The molecule has 0 aliphatic rings. The molecule has 0 saturated carbocycles. The van der Waals surface area contributed by atoms with Crippen LogP contribution in [0.25, 0.3) is 0 Å². The molecule has 6 heteroatoms. The Morgan fingerprint density at radius 1 is 0.950 bits per heavy atom. The minimum Gasteiger partial charge on any atom is -0.465 e. The predicted octanol–water partition coefficient (Wildman–Crippen LogP) is 1.12. The van der Waals surface area contributed by atoms with Crippen LogP contribution in [-0.4, -0.2) is 58.3 Å². The lowest BCUT2D eigenvalue weighted by atomic mass is 10.2. The molecule has 0 aliphatic heterocycles. The Balaban J connectivity index is 3.18. The van der Waals surface area contributed by atoms with Gasteiger partial charge in [-0.2, -0.15) is 0 Å². The maximum Gasteiger partial charge on any atom is 0.322 e. The van der Waals surface area contributed by atoms with Gasteiger partial charge in [-0.1, -0.05) is 13.3 Å². The first-order valence-corrected chi connectivity index (χ1v) is 7.37. The lowest BCUT2D eigenvalue weighted by Crippen LogP contribution is -2.33. The topological polar surface area (TPSA) is 80.0 Å². The first kappa shape index (κ1) is 19.3. The van der Waals surface area contributed by atoms with Gasteiger partial charge in [-0.3, -0.25) is 4.79 Å². The average Bonchev–Trinajstić information content (AvgIpc) is 2.44. The van der Waals surface area contributed by atoms with E-state index < -0.39 is 6.04 Å². The molecule has 0 fully saturated rings. The van der Waals surface area contributed by atoms with Gasteiger partial charge in [0.05, 0.1) is 33.0 Å². The maximum atomic E-state index is 11.2. The van der Waals surface area contributed by atoms with Crippen molar-refractivity contribution in [2.75, 3.05) is 46.2 Å². The molecule has 0 aromatic carbocycles. The SMILES string of the molecule is CCCCOCCOCCOCCC(N)C(=O)OCC. The molecule has 0 bridgehead atoms. The van der Waals surface area contributed by atoms with Gasteiger partial charge >= 0.3 is 5.97 Å². The van der Waals surface area contributed by atoms with E-state index in [4.69, 9.17) is 24.7 Å². The second-order valence-electron chi connectivity index (χ2n) is 4.34. The molecule has 0 rings (SSSR count). The van der Waals surface area contributed by atoms with Gasteiger partial charge in [-0.05, 0) is 19.8 Å². The number of hydrogen-bond acceptors (Lipinski definition) is 6. The molecule has 0 radical (unpaired) electrons. The Morgan fingerprint density at radius 3 is 2.05 bits per heavy atom. The van der Waals surface area contributed by atoms with E-state index in [1.54, 1.807) is 6.92 Å². The molecule has 120 valence electrons. The van der Waals surface area contributed by atoms with Crippen LogP contribution in [0.1, 0.15) is 33.1 Å². The van der Waals surface area contributed by atoms with Gasteiger partial charge in [0.1, 0.15) is 6.04 Å². The molecule has 0 spiro atoms. The van der Waals surface area contributed by atoms with Crippen molar-refractivity contribution >= 4 is 5.97 Å². The Bertz CT molecular complexity index is 226. The van der Waals surface area contributed by atoms with Crippen molar-refractivity contribution in [1.82, 2.24) is 0 Å². The quantitative estimate of drug-likeness (QED) is 0.381. The molecule has 0 aromatic heterocycles. The minimum atomic E-state index is -0.608. The molecule has 1 atom stereocenters. The van der Waals surface area contributed by atoms with Crippen molar-refractivity contribution in [1.29, 1.82) is 0 Å². The van der Waals surface area contributed by atoms with E-state index in [-0.39, 0.29) is 5.97 Å². The smallest absolute Gasteiger partial charge is 0.322 e. The van der Waals surface area contributed by atoms with Crippen LogP contribution in [0.15, 0.2) is 0 Å². The van der Waals surface area contributed by atoms with E-state index in [1.165, 1.54) is 0 Å². The largest absolute Gasteiger partial charge is 0.465 e. The second kappa shape index (κ2) is 14.7. The van der Waals surface area contributed by atoms with Crippen molar-refractivity contribution in [3.05, 3.63) is 0 Å². The molecule has 0 aromatic rings. The van der Waals surface area contributed by atoms with Crippen molar-refractivity contribution in [2.45, 2.75) is 39.2 Å². The summed E-state index contributed by atoms with van der Waals surface area (Å²) < 4.78 is 20.8. The van der Waals surface area contributed by atoms with Crippen LogP contribution in [0.5, 0.6) is 0 Å². The molecule has 6 nitrogen and oxygen atoms in total. The first-order chi connectivity index (χ1) is 9.72. The molecule has 0 heterocycles. The first-order valence-electron chi connectivity index (χ1n) is 7.37. The highest BCUT2D eigenvalue weighted by Gasteiger charge is 2.13. The summed E-state index contributed by atoms with van der Waals surface area (Å²) in [6.45, 7) is 7.66. The normalized spacial score (nSPS) is 12.3. The Labute approximate surface area is 121 Å². The minimum absolute atomic E-state index is 0.349. The van der Waals surface area contributed by atoms with Crippen LogP contribution < -0.4 is 5.73 Å². The fourth-order valence-corrected chi connectivity index (χ4v) is 1.37. The zero-order valence-electron chi connectivity index (χ0n) is 12.8. The highest BCUT2D eigenvalue weighted by molar-refractivity contribution is 5.75. The molecule has 2 N–H and O–H groups in total. The van der Waals surface area contributed by atoms with Crippen LogP contribution in [0.4, 0.5) is 0 Å². The number of carbonyl (C=O) groups excluding carboxylic acids is 1. The van der Waals surface area contributed by atoms with Crippen LogP contribution >= 0.6 is 0 Å². The lowest BCUT2D eigenvalue weighted by Gasteiger charge is -2.10. The van der Waals surface area contributed by atoms with Gasteiger partial charge in [0.25, 0.3) is 0 Å². The summed E-state index contributed by atoms with van der Waals surface area (Å²) in [6, 6.07) is -0.608. The molecule has 20 heavy (non-hydrogen) atoms. The Hall–Kier alpha value is -0.690. The molecular weight excluding hydrogens is 262 g/mol. The zero-order chi connectivity index (χ0) is 15.1. The van der Waals surface area contributed by atoms with Crippen LogP contribution in [0.3, 0.4) is 0 Å². The number of esters is 1. The number of ether oxygens (including phenoxy) is 4. The summed E-state index contributed by atoms with van der Waals surface area (Å²) in [5.74, 6) is -0.378. The van der Waals surface area contributed by atoms with E-state index in [0.717, 1.165) is 19.4 Å². The summed E-state index contributed by atoms with van der Waals surface area (Å²) >= 11 is 0. The number of nitrogens with two attached hydrogens (primary N) is 1. The Morgan fingerprint density at radius 2 is 1.50 bits per heavy atom. The van der Waals surface area contributed by atoms with Crippen LogP contribution in [-0.2, 0) is 23.7 Å². The van der Waals surface area contributed by atoms with Crippen LogP contribution in [0, 0.1) is 0 Å². The van der Waals surface area contributed by atoms with E-state index in [2.05, 4.69) is 6.92 Å². The summed E-state index contributed by atoms with van der Waals surface area (Å²) in [7, 11) is 0. The maximum absolute atomic E-state index is 11.2. The summed E-state index contributed by atoms with van der Waals surface area (Å²) in [6.07, 6.45) is 2.69. The highest BCUT2D eigenvalue weighted by atomic mass is 16.5. The van der Waals surface area contributed by atoms with Gasteiger partial charge in [0.2, 0.25) is 0 Å². The third-order valence-corrected chi connectivity index (χ3v) is 2.55. The lowest BCUT2D eigenvalue weighted by molar-refractivity contribution is -0.145. The van der Waals surface area contributed by atoms with Crippen molar-refractivity contribution in [2.24, 2.45) is 5.73 Å². The highest BCUT2D eigenvalue weighted by Crippen LogP contribution is 1.94. The molecule has 0 amide bonds. The van der Waals surface area contributed by atoms with E-state index in [1.807, 2.05) is 0 Å². The number of hydrogen-bond donors (Lipinski definition) is 1. The molecule has 1 unspecified atom stereocenters. The van der Waals surface area contributed by atoms with Gasteiger partial charge in [-0.25, -0.2) is 0 Å². The van der Waals surface area contributed by atoms with Gasteiger partial charge < -0.3 is 24.7 Å². The zero-order valence-corrected chi connectivity index (χ0v) is 12.8. The van der Waals surface area contributed by atoms with Crippen LogP contribution in [0.2, 0.25) is 0 Å². The third kappa shape index (κ3) is 12.3. The van der Waals surface area contributed by atoms with Gasteiger partial charge in [-0.15, -0.1) is 0 Å². The second-order valence-corrected chi connectivity index (χ2v) is 4.34. The average molecular weight is 291 g/mol. The predicted molar refractivity (Wildman–Crippen MR) is 76.6 cm³/mol. The standard InChI is InChI=1S/C14H29NO5/c1-3-5-7-17-9-11-19-12-10-18-8-6-13(15)14(16)20-4-2/h13H,3-12,15H2,1-2H3. The summed E-state index contributed by atoms with van der Waals surface area (Å²) in [4.78, 5) is 11.2. The van der Waals surface area contributed by atoms with E-state index in [0.29, 0.717) is 46.1 Å². The molecule has 0 aliphatic carbocycles. The van der Waals surface area contributed by atoms with Crippen molar-refractivity contribution in [3.63, 3.8) is 0 Å². The Kier molecular flexibility index (Phi) is 14.2. The number of rotatable bonds is 14. The monoisotopic (exact) mass is 291 g/mol. The summed E-state index contributed by atoms with van der Waals surface area (Å²) in [5, 5.41) is 0. The van der Waals surface area contributed by atoms with E-state index in [9.17, 15) is 4.79 Å². The number of carbonyl (C=O) groups is 1. The number of unbranched alkanes of at least 4 members (excludes halogenated alkanes) is 1. The third-order valence-electron chi connectivity index (χ3n) is 2.55. The summed E-state index contributed by atoms with van der Waals surface area (Å²) in [5.41, 5.74) is 5.62. The van der Waals surface area contributed by atoms with E-state index >= 15 is 0 Å². The van der Waals surface area contributed by atoms with Crippen molar-refractivity contribution in [3.8, 4) is 0 Å².